The van der Waals surface area contributed by atoms with Crippen molar-refractivity contribution >= 4 is 19.9 Å². The summed E-state index contributed by atoms with van der Waals surface area (Å²) in [5.74, 6) is 0.792. The quantitative estimate of drug-likeness (QED) is 0.560. The maximum atomic E-state index is 13.4. The maximum Gasteiger partial charge on any atom is 0.240 e. The van der Waals surface area contributed by atoms with Crippen molar-refractivity contribution in [2.24, 2.45) is 0 Å². The molecule has 2 aromatic carbocycles. The number of fused-ring (bicyclic) bond motifs is 1. The van der Waals surface area contributed by atoms with Crippen LogP contribution < -0.4 is 14.2 Å². The predicted octanol–water partition coefficient (Wildman–Crippen LogP) is 2.65. The maximum absolute atomic E-state index is 13.4. The standard InChI is InChI=1S/C22H22N2O6S2/c1-16-4-6-18(7-5-16)31(25,26)22(17-3-2-10-23-14-17)15-24-32(27,28)19-8-9-20-21(13-19)30-12-11-29-20/h2-10,13-14,22,24H,11-12,15H2,1H3. The Kier molecular flexibility index (Phi) is 6.18. The molecule has 0 spiro atoms. The summed E-state index contributed by atoms with van der Waals surface area (Å²) in [6, 6.07) is 13.9. The van der Waals surface area contributed by atoms with E-state index in [0.29, 0.717) is 30.3 Å². The zero-order valence-corrected chi connectivity index (χ0v) is 18.9. The molecule has 1 unspecified atom stereocenters. The Hall–Kier alpha value is -2.95. The predicted molar refractivity (Wildman–Crippen MR) is 118 cm³/mol. The molecule has 32 heavy (non-hydrogen) atoms. The average Bonchev–Trinajstić information content (AvgIpc) is 2.79. The van der Waals surface area contributed by atoms with Crippen LogP contribution in [-0.2, 0) is 19.9 Å². The third kappa shape index (κ3) is 4.62. The summed E-state index contributed by atoms with van der Waals surface area (Å²) in [7, 11) is -7.92. The van der Waals surface area contributed by atoms with Crippen molar-refractivity contribution in [2.45, 2.75) is 22.0 Å². The van der Waals surface area contributed by atoms with Crippen molar-refractivity contribution in [3.63, 3.8) is 0 Å². The Morgan fingerprint density at radius 3 is 2.31 bits per heavy atom. The Morgan fingerprint density at radius 1 is 0.938 bits per heavy atom. The Balaban J connectivity index is 1.64. The van der Waals surface area contributed by atoms with Gasteiger partial charge in [0.15, 0.2) is 21.3 Å². The van der Waals surface area contributed by atoms with Gasteiger partial charge in [-0.15, -0.1) is 0 Å². The molecule has 0 radical (unpaired) electrons. The Labute approximate surface area is 187 Å². The van der Waals surface area contributed by atoms with E-state index >= 15 is 0 Å². The van der Waals surface area contributed by atoms with Crippen molar-refractivity contribution in [2.75, 3.05) is 19.8 Å². The summed E-state index contributed by atoms with van der Waals surface area (Å²) in [5, 5.41) is -1.16. The van der Waals surface area contributed by atoms with E-state index in [1.54, 1.807) is 24.3 Å². The minimum atomic E-state index is -4.02. The van der Waals surface area contributed by atoms with Gasteiger partial charge in [-0.25, -0.2) is 21.6 Å². The number of sulfonamides is 1. The average molecular weight is 475 g/mol. The number of pyridine rings is 1. The highest BCUT2D eigenvalue weighted by atomic mass is 32.2. The first kappa shape index (κ1) is 22.3. The van der Waals surface area contributed by atoms with Crippen LogP contribution in [0, 0.1) is 6.92 Å². The van der Waals surface area contributed by atoms with Crippen molar-refractivity contribution in [3.05, 3.63) is 78.1 Å². The molecular formula is C22H22N2O6S2. The van der Waals surface area contributed by atoms with Crippen molar-refractivity contribution in [3.8, 4) is 11.5 Å². The number of nitrogens with zero attached hydrogens (tertiary/aromatic N) is 1. The molecule has 1 atom stereocenters. The molecule has 0 saturated heterocycles. The van der Waals surface area contributed by atoms with E-state index in [1.807, 2.05) is 6.92 Å². The fourth-order valence-electron chi connectivity index (χ4n) is 3.32. The summed E-state index contributed by atoms with van der Waals surface area (Å²) in [6.07, 6.45) is 2.95. The highest BCUT2D eigenvalue weighted by molar-refractivity contribution is 7.92. The van der Waals surface area contributed by atoms with E-state index in [2.05, 4.69) is 9.71 Å². The number of aryl methyl sites for hydroxylation is 1. The number of hydrogen-bond donors (Lipinski definition) is 1. The van der Waals surface area contributed by atoms with Crippen molar-refractivity contribution < 1.29 is 26.3 Å². The number of aromatic nitrogens is 1. The molecular weight excluding hydrogens is 452 g/mol. The lowest BCUT2D eigenvalue weighted by Crippen LogP contribution is -2.32. The molecule has 2 heterocycles. The lowest BCUT2D eigenvalue weighted by Gasteiger charge is -2.20. The molecule has 8 nitrogen and oxygen atoms in total. The van der Waals surface area contributed by atoms with Crippen LogP contribution in [0.3, 0.4) is 0 Å². The summed E-state index contributed by atoms with van der Waals surface area (Å²) in [5.41, 5.74) is 1.30. The van der Waals surface area contributed by atoms with Gasteiger partial charge in [0, 0.05) is 25.0 Å². The lowest BCUT2D eigenvalue weighted by molar-refractivity contribution is 0.171. The van der Waals surface area contributed by atoms with Gasteiger partial charge in [-0.1, -0.05) is 23.8 Å². The van der Waals surface area contributed by atoms with E-state index in [4.69, 9.17) is 9.47 Å². The van der Waals surface area contributed by atoms with Gasteiger partial charge in [-0.2, -0.15) is 0 Å². The minimum absolute atomic E-state index is 0.0422. The number of rotatable bonds is 7. The molecule has 0 bridgehead atoms. The minimum Gasteiger partial charge on any atom is -0.486 e. The summed E-state index contributed by atoms with van der Waals surface area (Å²) < 4.78 is 66.0. The van der Waals surface area contributed by atoms with Crippen LogP contribution in [0.15, 0.2) is 76.8 Å². The number of hydrogen-bond acceptors (Lipinski definition) is 7. The van der Waals surface area contributed by atoms with E-state index in [-0.39, 0.29) is 16.3 Å². The van der Waals surface area contributed by atoms with Gasteiger partial charge in [0.2, 0.25) is 10.0 Å². The Morgan fingerprint density at radius 2 is 1.62 bits per heavy atom. The molecule has 1 aromatic heterocycles. The van der Waals surface area contributed by atoms with Crippen LogP contribution in [0.2, 0.25) is 0 Å². The van der Waals surface area contributed by atoms with Crippen LogP contribution in [0.25, 0.3) is 0 Å². The monoisotopic (exact) mass is 474 g/mol. The second-order valence-corrected chi connectivity index (χ2v) is 11.2. The van der Waals surface area contributed by atoms with Gasteiger partial charge in [-0.05, 0) is 42.8 Å². The molecule has 168 valence electrons. The summed E-state index contributed by atoms with van der Waals surface area (Å²) in [4.78, 5) is 4.07. The lowest BCUT2D eigenvalue weighted by atomic mass is 10.2. The highest BCUT2D eigenvalue weighted by Crippen LogP contribution is 2.33. The molecule has 10 heteroatoms. The van der Waals surface area contributed by atoms with Gasteiger partial charge >= 0.3 is 0 Å². The van der Waals surface area contributed by atoms with E-state index in [9.17, 15) is 16.8 Å². The molecule has 3 aromatic rings. The number of ether oxygens (including phenoxy) is 2. The van der Waals surface area contributed by atoms with Crippen LogP contribution >= 0.6 is 0 Å². The molecule has 0 amide bonds. The fourth-order valence-corrected chi connectivity index (χ4v) is 6.14. The zero-order chi connectivity index (χ0) is 22.8. The molecule has 1 aliphatic heterocycles. The third-order valence-electron chi connectivity index (χ3n) is 5.06. The first-order chi connectivity index (χ1) is 15.3. The molecule has 4 rings (SSSR count). The highest BCUT2D eigenvalue weighted by Gasteiger charge is 2.31. The van der Waals surface area contributed by atoms with Gasteiger partial charge in [0.1, 0.15) is 18.5 Å². The van der Waals surface area contributed by atoms with Crippen LogP contribution in [0.1, 0.15) is 16.4 Å². The molecule has 0 fully saturated rings. The van der Waals surface area contributed by atoms with E-state index in [0.717, 1.165) is 5.56 Å². The zero-order valence-electron chi connectivity index (χ0n) is 17.3. The second kappa shape index (κ2) is 8.89. The largest absolute Gasteiger partial charge is 0.486 e. The van der Waals surface area contributed by atoms with Gasteiger partial charge in [-0.3, -0.25) is 4.98 Å². The van der Waals surface area contributed by atoms with Gasteiger partial charge < -0.3 is 9.47 Å². The van der Waals surface area contributed by atoms with E-state index < -0.39 is 25.1 Å². The fraction of sp³-hybridized carbons (Fsp3) is 0.227. The number of nitrogens with one attached hydrogen (secondary N) is 1. The number of benzene rings is 2. The number of sulfone groups is 1. The second-order valence-electron chi connectivity index (χ2n) is 7.29. The SMILES string of the molecule is Cc1ccc(S(=O)(=O)C(CNS(=O)(=O)c2ccc3c(c2)OCCO3)c2cccnc2)cc1. The normalized spacial score (nSPS) is 14.7. The topological polar surface area (TPSA) is 112 Å². The third-order valence-corrected chi connectivity index (χ3v) is 8.60. The summed E-state index contributed by atoms with van der Waals surface area (Å²) in [6.45, 7) is 2.21. The van der Waals surface area contributed by atoms with Gasteiger partial charge in [0.05, 0.1) is 9.79 Å². The van der Waals surface area contributed by atoms with Crippen molar-refractivity contribution in [1.82, 2.24) is 9.71 Å². The van der Waals surface area contributed by atoms with Crippen LogP contribution in [0.5, 0.6) is 11.5 Å². The van der Waals surface area contributed by atoms with Crippen molar-refractivity contribution in [1.29, 1.82) is 0 Å². The smallest absolute Gasteiger partial charge is 0.240 e. The first-order valence-corrected chi connectivity index (χ1v) is 12.9. The van der Waals surface area contributed by atoms with Crippen LogP contribution in [-0.4, -0.2) is 41.6 Å². The first-order valence-electron chi connectivity index (χ1n) is 9.87. The van der Waals surface area contributed by atoms with Crippen LogP contribution in [0.4, 0.5) is 0 Å². The Bertz CT molecular complexity index is 1310. The molecule has 1 aliphatic rings. The van der Waals surface area contributed by atoms with Gasteiger partial charge in [0.25, 0.3) is 0 Å². The molecule has 0 saturated carbocycles. The molecule has 0 aliphatic carbocycles. The summed E-state index contributed by atoms with van der Waals surface area (Å²) >= 11 is 0. The molecule has 1 N–H and O–H groups in total. The van der Waals surface area contributed by atoms with E-state index in [1.165, 1.54) is 42.7 Å².